The van der Waals surface area contributed by atoms with E-state index in [-0.39, 0.29) is 21.7 Å². The molecule has 1 aromatic heterocycles. The van der Waals surface area contributed by atoms with Gasteiger partial charge in [-0.25, -0.2) is 18.8 Å². The maximum absolute atomic E-state index is 16.3. The molecule has 1 fully saturated rings. The average Bonchev–Trinajstić information content (AvgIpc) is 2.92. The van der Waals surface area contributed by atoms with E-state index >= 15 is 4.39 Å². The van der Waals surface area contributed by atoms with Gasteiger partial charge in [0.15, 0.2) is 5.82 Å². The molecule has 0 atom stereocenters. The first-order chi connectivity index (χ1) is 18.3. The van der Waals surface area contributed by atoms with Gasteiger partial charge in [-0.1, -0.05) is 31.5 Å². The van der Waals surface area contributed by atoms with Gasteiger partial charge in [-0.3, -0.25) is 9.80 Å². The third kappa shape index (κ3) is 5.23. The van der Waals surface area contributed by atoms with Crippen LogP contribution in [0.3, 0.4) is 0 Å². The highest BCUT2D eigenvalue weighted by atomic mass is 35.5. The lowest BCUT2D eigenvalue weighted by Gasteiger charge is -2.37. The normalized spacial score (nSPS) is 14.2. The number of phenolic OH excluding ortho intramolecular Hbond substituents is 1. The third-order valence-corrected chi connectivity index (χ3v) is 6.98. The van der Waals surface area contributed by atoms with Crippen LogP contribution in [0.1, 0.15) is 20.8 Å². The van der Waals surface area contributed by atoms with Gasteiger partial charge in [0.1, 0.15) is 29.2 Å². The molecule has 1 N–H and O–H groups in total. The minimum Gasteiger partial charge on any atom is -0.507 e. The van der Waals surface area contributed by atoms with Crippen molar-refractivity contribution in [1.29, 1.82) is 0 Å². The van der Waals surface area contributed by atoms with Crippen molar-refractivity contribution in [2.24, 2.45) is 0 Å². The van der Waals surface area contributed by atoms with E-state index in [1.165, 1.54) is 24.3 Å². The summed E-state index contributed by atoms with van der Waals surface area (Å²) < 4.78 is 31.1. The average molecular weight is 545 g/mol. The van der Waals surface area contributed by atoms with Gasteiger partial charge in [0.05, 0.1) is 10.6 Å². The molecule has 0 spiro atoms. The van der Waals surface area contributed by atoms with Crippen molar-refractivity contribution in [3.63, 3.8) is 0 Å². The summed E-state index contributed by atoms with van der Waals surface area (Å²) >= 11 is 6.54. The predicted molar refractivity (Wildman–Crippen MR) is 146 cm³/mol. The molecule has 4 rings (SSSR count). The molecule has 0 bridgehead atoms. The van der Waals surface area contributed by atoms with Gasteiger partial charge < -0.3 is 14.9 Å². The molecule has 2 aromatic carbocycles. The molecular weight excluding hydrogens is 514 g/mol. The maximum atomic E-state index is 16.3. The van der Waals surface area contributed by atoms with E-state index in [0.717, 1.165) is 12.4 Å². The zero-order valence-electron chi connectivity index (χ0n) is 21.7. The number of anilines is 2. The van der Waals surface area contributed by atoms with Gasteiger partial charge in [0, 0.05) is 63.0 Å². The van der Waals surface area contributed by atoms with E-state index in [9.17, 15) is 14.3 Å². The summed E-state index contributed by atoms with van der Waals surface area (Å²) in [4.78, 5) is 24.3. The Bertz CT molecular complexity index is 1320. The number of aromatic nitrogens is 2. The third-order valence-electron chi connectivity index (χ3n) is 6.68. The Morgan fingerprint density at radius 2 is 1.76 bits per heavy atom. The lowest BCUT2D eigenvalue weighted by molar-refractivity contribution is -0.104. The number of aldehydes is 1. The van der Waals surface area contributed by atoms with Gasteiger partial charge in [-0.15, -0.1) is 0 Å². The van der Waals surface area contributed by atoms with Crippen LogP contribution in [-0.2, 0) is 4.79 Å². The van der Waals surface area contributed by atoms with E-state index in [4.69, 9.17) is 16.6 Å². The predicted octanol–water partition coefficient (Wildman–Crippen LogP) is 4.85. The summed E-state index contributed by atoms with van der Waals surface area (Å²) in [6.07, 6.45) is 3.93. The van der Waals surface area contributed by atoms with Crippen LogP contribution >= 0.6 is 11.6 Å². The number of hydrogen-bond donors (Lipinski definition) is 1. The fourth-order valence-corrected chi connectivity index (χ4v) is 5.07. The van der Waals surface area contributed by atoms with E-state index in [0.29, 0.717) is 63.0 Å². The molecular formula is C27H31ClF2N6O2. The standard InChI is InChI=1S/C27H31ClF2N6O2/c1-4-35(5-2)36(6-3)27-31-25-18(26(32-27)34-14-12-33(13-15-34)11-8-16-37)17-19(28)22(24(25)30)23-20(29)9-7-10-21(23)38/h7-11,16-17,38H,4-6,12-15H2,1-3H3. The molecule has 0 unspecified atom stereocenters. The monoisotopic (exact) mass is 544 g/mol. The zero-order chi connectivity index (χ0) is 27.4. The number of piperazine rings is 1. The Morgan fingerprint density at radius 3 is 2.37 bits per heavy atom. The number of halogens is 3. The molecule has 3 aromatic rings. The minimum absolute atomic E-state index is 0.0130. The lowest BCUT2D eigenvalue weighted by Crippen LogP contribution is -2.46. The quantitative estimate of drug-likeness (QED) is 0.233. The van der Waals surface area contributed by atoms with Crippen LogP contribution < -0.4 is 9.91 Å². The number of carbonyl (C=O) groups excluding carboxylic acids is 1. The first kappa shape index (κ1) is 27.5. The number of fused-ring (bicyclic) bond motifs is 1. The van der Waals surface area contributed by atoms with Crippen molar-refractivity contribution in [2.45, 2.75) is 20.8 Å². The van der Waals surface area contributed by atoms with Crippen molar-refractivity contribution < 1.29 is 18.7 Å². The first-order valence-corrected chi connectivity index (χ1v) is 13.0. The molecule has 0 amide bonds. The minimum atomic E-state index is -0.832. The van der Waals surface area contributed by atoms with Crippen LogP contribution in [0.2, 0.25) is 5.02 Å². The molecule has 38 heavy (non-hydrogen) atoms. The second-order valence-corrected chi connectivity index (χ2v) is 9.19. The molecule has 11 heteroatoms. The van der Waals surface area contributed by atoms with Gasteiger partial charge in [-0.2, -0.15) is 4.98 Å². The SMILES string of the molecule is CCN(CC)N(CC)c1nc(N2CCN(C=CC=O)CC2)c2cc(Cl)c(-c3c(O)cccc3F)c(F)c2n1. The number of rotatable bonds is 9. The van der Waals surface area contributed by atoms with E-state index in [1.54, 1.807) is 6.20 Å². The van der Waals surface area contributed by atoms with Crippen LogP contribution in [0.15, 0.2) is 36.5 Å². The van der Waals surface area contributed by atoms with Gasteiger partial charge in [0.25, 0.3) is 0 Å². The van der Waals surface area contributed by atoms with Crippen molar-refractivity contribution >= 4 is 40.6 Å². The fourth-order valence-electron chi connectivity index (χ4n) is 4.79. The maximum Gasteiger partial charge on any atom is 0.242 e. The Hall–Kier alpha value is -3.50. The van der Waals surface area contributed by atoms with Crippen molar-refractivity contribution in [1.82, 2.24) is 19.9 Å². The molecule has 1 aliphatic rings. The highest BCUT2D eigenvalue weighted by Gasteiger charge is 2.27. The van der Waals surface area contributed by atoms with E-state index < -0.39 is 17.4 Å². The van der Waals surface area contributed by atoms with Crippen LogP contribution in [0.25, 0.3) is 22.0 Å². The Morgan fingerprint density at radius 1 is 1.05 bits per heavy atom. The first-order valence-electron chi connectivity index (χ1n) is 12.6. The topological polar surface area (TPSA) is 76.0 Å². The summed E-state index contributed by atoms with van der Waals surface area (Å²) in [6, 6.07) is 5.30. The molecule has 8 nitrogen and oxygen atoms in total. The second-order valence-electron chi connectivity index (χ2n) is 8.78. The number of carbonyl (C=O) groups is 1. The van der Waals surface area contributed by atoms with Crippen LogP contribution in [0, 0.1) is 11.6 Å². The van der Waals surface area contributed by atoms with Crippen molar-refractivity contribution in [2.75, 3.05) is 55.7 Å². The number of aromatic hydroxyl groups is 1. The van der Waals surface area contributed by atoms with E-state index in [2.05, 4.69) is 4.98 Å². The smallest absolute Gasteiger partial charge is 0.242 e. The fraction of sp³-hybridized carbons (Fsp3) is 0.370. The highest BCUT2D eigenvalue weighted by Crippen LogP contribution is 2.42. The number of benzene rings is 2. The summed E-state index contributed by atoms with van der Waals surface area (Å²) in [6.45, 7) is 10.3. The number of nitrogens with zero attached hydrogens (tertiary/aromatic N) is 6. The lowest BCUT2D eigenvalue weighted by atomic mass is 10.0. The largest absolute Gasteiger partial charge is 0.507 e. The van der Waals surface area contributed by atoms with Gasteiger partial charge >= 0.3 is 0 Å². The van der Waals surface area contributed by atoms with Crippen LogP contribution in [0.5, 0.6) is 5.75 Å². The molecule has 0 radical (unpaired) electrons. The van der Waals surface area contributed by atoms with Crippen LogP contribution in [-0.4, -0.2) is 77.1 Å². The number of hydrogen-bond acceptors (Lipinski definition) is 8. The van der Waals surface area contributed by atoms with E-state index in [1.807, 2.05) is 40.6 Å². The molecule has 1 aliphatic heterocycles. The highest BCUT2D eigenvalue weighted by molar-refractivity contribution is 6.34. The summed E-state index contributed by atoms with van der Waals surface area (Å²) in [5.74, 6) is -1.22. The zero-order valence-corrected chi connectivity index (χ0v) is 22.4. The van der Waals surface area contributed by atoms with Crippen molar-refractivity contribution in [3.05, 3.63) is 53.2 Å². The van der Waals surface area contributed by atoms with Crippen molar-refractivity contribution in [3.8, 4) is 16.9 Å². The van der Waals surface area contributed by atoms with Gasteiger partial charge in [0.2, 0.25) is 5.95 Å². The Kier molecular flexibility index (Phi) is 8.63. The molecule has 0 aliphatic carbocycles. The Labute approximate surface area is 225 Å². The van der Waals surface area contributed by atoms with Gasteiger partial charge in [-0.05, 0) is 31.2 Å². The molecule has 0 saturated carbocycles. The van der Waals surface area contributed by atoms with Crippen LogP contribution in [0.4, 0.5) is 20.5 Å². The summed E-state index contributed by atoms with van der Waals surface area (Å²) in [7, 11) is 0. The number of phenols is 1. The number of allylic oxidation sites excluding steroid dienone is 1. The summed E-state index contributed by atoms with van der Waals surface area (Å²) in [5, 5.41) is 14.6. The Balaban J connectivity index is 1.93. The molecule has 2 heterocycles. The second kappa shape index (κ2) is 11.9. The molecule has 1 saturated heterocycles. The number of hydrazine groups is 1. The molecule has 202 valence electrons. The summed E-state index contributed by atoms with van der Waals surface area (Å²) in [5.41, 5.74) is -0.578.